The first-order valence-electron chi connectivity index (χ1n) is 7.49. The third kappa shape index (κ3) is 3.23. The molecule has 0 aliphatic rings. The lowest BCUT2D eigenvalue weighted by Gasteiger charge is -1.95. The summed E-state index contributed by atoms with van der Waals surface area (Å²) in [7, 11) is 0. The number of thioether (sulfide) groups is 1. The maximum Gasteiger partial charge on any atom is 0.209 e. The molecule has 0 amide bonds. The van der Waals surface area contributed by atoms with Gasteiger partial charge in [-0.25, -0.2) is 9.97 Å². The van der Waals surface area contributed by atoms with Crippen molar-refractivity contribution in [2.24, 2.45) is 0 Å². The number of aromatic amines is 1. The molecule has 2 aromatic carbocycles. The van der Waals surface area contributed by atoms with Crippen LogP contribution in [0.4, 0.5) is 0 Å². The smallest absolute Gasteiger partial charge is 0.209 e. The Morgan fingerprint density at radius 3 is 2.38 bits per heavy atom. The number of benzene rings is 2. The molecule has 4 aromatic rings. The fraction of sp³-hybridized carbons (Fsp3) is 0.0556. The Morgan fingerprint density at radius 1 is 0.917 bits per heavy atom. The summed E-state index contributed by atoms with van der Waals surface area (Å²) < 4.78 is 5.79. The summed E-state index contributed by atoms with van der Waals surface area (Å²) in [5, 5.41) is 7.86. The van der Waals surface area contributed by atoms with Gasteiger partial charge in [0.1, 0.15) is 0 Å². The molecular formula is C18H14N4OS. The van der Waals surface area contributed by atoms with Crippen LogP contribution in [0.3, 0.4) is 0 Å². The molecule has 0 unspecified atom stereocenters. The number of H-pyrrole nitrogens is 1. The summed E-state index contributed by atoms with van der Waals surface area (Å²) in [6, 6.07) is 19.8. The highest BCUT2D eigenvalue weighted by Gasteiger charge is 2.10. The molecule has 0 saturated carbocycles. The fourth-order valence-corrected chi connectivity index (χ4v) is 2.93. The zero-order valence-electron chi connectivity index (χ0n) is 12.7. The molecule has 24 heavy (non-hydrogen) atoms. The summed E-state index contributed by atoms with van der Waals surface area (Å²) >= 11 is 1.49. The van der Waals surface area contributed by atoms with E-state index in [0.717, 1.165) is 22.7 Å². The molecule has 2 aromatic heterocycles. The van der Waals surface area contributed by atoms with Crippen LogP contribution in [0.1, 0.15) is 5.89 Å². The lowest BCUT2D eigenvalue weighted by Crippen LogP contribution is -1.81. The normalized spacial score (nSPS) is 10.8. The molecule has 2 heterocycles. The van der Waals surface area contributed by atoms with Crippen LogP contribution >= 0.6 is 11.8 Å². The molecule has 118 valence electrons. The highest BCUT2D eigenvalue weighted by molar-refractivity contribution is 7.98. The number of aromatic nitrogens is 4. The van der Waals surface area contributed by atoms with Crippen molar-refractivity contribution in [2.75, 3.05) is 0 Å². The van der Waals surface area contributed by atoms with Crippen molar-refractivity contribution in [1.82, 2.24) is 20.2 Å². The Morgan fingerprint density at radius 2 is 1.62 bits per heavy atom. The van der Waals surface area contributed by atoms with E-state index in [1.54, 1.807) is 6.20 Å². The monoisotopic (exact) mass is 334 g/mol. The summed E-state index contributed by atoms with van der Waals surface area (Å²) in [4.78, 5) is 8.81. The van der Waals surface area contributed by atoms with E-state index in [1.807, 2.05) is 60.7 Å². The molecule has 1 N–H and O–H groups in total. The molecule has 0 saturated heterocycles. The van der Waals surface area contributed by atoms with E-state index in [4.69, 9.17) is 4.42 Å². The topological polar surface area (TPSA) is 67.6 Å². The minimum absolute atomic E-state index is 0.582. The van der Waals surface area contributed by atoms with Gasteiger partial charge in [-0.3, -0.25) is 5.10 Å². The summed E-state index contributed by atoms with van der Waals surface area (Å²) in [5.41, 5.74) is 2.03. The average Bonchev–Trinajstić information content (AvgIpc) is 3.31. The van der Waals surface area contributed by atoms with Crippen LogP contribution in [0.2, 0.25) is 0 Å². The molecule has 0 fully saturated rings. The molecule has 0 spiro atoms. The number of hydrogen-bond donors (Lipinski definition) is 1. The molecular weight excluding hydrogens is 320 g/mol. The third-order valence-corrected chi connectivity index (χ3v) is 4.28. The molecule has 0 aliphatic carbocycles. The zero-order chi connectivity index (χ0) is 16.2. The van der Waals surface area contributed by atoms with Gasteiger partial charge in [0.05, 0.1) is 11.9 Å². The third-order valence-electron chi connectivity index (χ3n) is 3.45. The Balaban J connectivity index is 1.43. The molecule has 5 nitrogen and oxygen atoms in total. The number of oxazole rings is 1. The van der Waals surface area contributed by atoms with E-state index in [9.17, 15) is 0 Å². The summed E-state index contributed by atoms with van der Waals surface area (Å²) in [6.45, 7) is 0. The van der Waals surface area contributed by atoms with Gasteiger partial charge >= 0.3 is 0 Å². The van der Waals surface area contributed by atoms with Gasteiger partial charge in [-0.15, -0.1) is 5.10 Å². The largest absolute Gasteiger partial charge is 0.440 e. The minimum Gasteiger partial charge on any atom is -0.440 e. The number of hydrogen-bond acceptors (Lipinski definition) is 5. The van der Waals surface area contributed by atoms with E-state index in [2.05, 4.69) is 20.2 Å². The van der Waals surface area contributed by atoms with E-state index in [1.165, 1.54) is 11.8 Å². The Labute approximate surface area is 143 Å². The van der Waals surface area contributed by atoms with E-state index < -0.39 is 0 Å². The van der Waals surface area contributed by atoms with Gasteiger partial charge in [0.25, 0.3) is 0 Å². The second kappa shape index (κ2) is 6.72. The van der Waals surface area contributed by atoms with Crippen LogP contribution in [0.15, 0.2) is 76.4 Å². The van der Waals surface area contributed by atoms with Crippen molar-refractivity contribution in [3.05, 3.63) is 72.8 Å². The predicted molar refractivity (Wildman–Crippen MR) is 93.3 cm³/mol. The van der Waals surface area contributed by atoms with Crippen LogP contribution in [-0.4, -0.2) is 20.2 Å². The van der Waals surface area contributed by atoms with E-state index in [-0.39, 0.29) is 0 Å². The highest BCUT2D eigenvalue weighted by Crippen LogP contribution is 2.25. The number of rotatable bonds is 5. The van der Waals surface area contributed by atoms with Crippen molar-refractivity contribution in [3.8, 4) is 22.7 Å². The first kappa shape index (κ1) is 14.7. The lowest BCUT2D eigenvalue weighted by molar-refractivity contribution is 0.530. The number of nitrogens with zero attached hydrogens (tertiary/aromatic N) is 3. The molecule has 6 heteroatoms. The Kier molecular flexibility index (Phi) is 4.12. The first-order valence-corrected chi connectivity index (χ1v) is 8.48. The van der Waals surface area contributed by atoms with Gasteiger partial charge in [0, 0.05) is 11.1 Å². The van der Waals surface area contributed by atoms with Gasteiger partial charge in [0.2, 0.25) is 11.0 Å². The van der Waals surface area contributed by atoms with Crippen LogP contribution < -0.4 is 0 Å². The SMILES string of the molecule is c1ccc(-c2nc(SCc3ncc(-c4ccccc4)o3)n[nH]2)cc1. The van der Waals surface area contributed by atoms with Crippen LogP contribution in [-0.2, 0) is 5.75 Å². The maximum atomic E-state index is 5.79. The van der Waals surface area contributed by atoms with Crippen molar-refractivity contribution >= 4 is 11.8 Å². The predicted octanol–water partition coefficient (Wildman–Crippen LogP) is 4.42. The minimum atomic E-state index is 0.582. The van der Waals surface area contributed by atoms with Crippen molar-refractivity contribution < 1.29 is 4.42 Å². The van der Waals surface area contributed by atoms with Gasteiger partial charge in [-0.05, 0) is 0 Å². The van der Waals surface area contributed by atoms with Gasteiger partial charge in [0.15, 0.2) is 11.6 Å². The van der Waals surface area contributed by atoms with Crippen LogP contribution in [0, 0.1) is 0 Å². The highest BCUT2D eigenvalue weighted by atomic mass is 32.2. The van der Waals surface area contributed by atoms with E-state index in [0.29, 0.717) is 16.8 Å². The molecule has 0 bridgehead atoms. The summed E-state index contributed by atoms with van der Waals surface area (Å²) in [5.74, 6) is 2.77. The molecule has 0 atom stereocenters. The fourth-order valence-electron chi connectivity index (χ4n) is 2.28. The summed E-state index contributed by atoms with van der Waals surface area (Å²) in [6.07, 6.45) is 1.75. The van der Waals surface area contributed by atoms with Crippen molar-refractivity contribution in [2.45, 2.75) is 10.9 Å². The lowest BCUT2D eigenvalue weighted by atomic mass is 10.2. The zero-order valence-corrected chi connectivity index (χ0v) is 13.5. The van der Waals surface area contributed by atoms with Gasteiger partial charge in [-0.2, -0.15) is 0 Å². The van der Waals surface area contributed by atoms with E-state index >= 15 is 0 Å². The Bertz CT molecular complexity index is 841. The molecule has 4 rings (SSSR count). The van der Waals surface area contributed by atoms with Crippen molar-refractivity contribution in [3.63, 3.8) is 0 Å². The second-order valence-electron chi connectivity index (χ2n) is 5.11. The van der Waals surface area contributed by atoms with Crippen molar-refractivity contribution in [1.29, 1.82) is 0 Å². The standard InChI is InChI=1S/C18H14N4OS/c1-3-7-13(8-4-1)15-11-19-16(23-15)12-24-18-20-17(21-22-18)14-9-5-2-6-10-14/h1-11H,12H2,(H,20,21,22). The first-order chi connectivity index (χ1) is 11.9. The Hall–Kier alpha value is -2.86. The van der Waals surface area contributed by atoms with Crippen LogP contribution in [0.25, 0.3) is 22.7 Å². The molecule has 0 radical (unpaired) electrons. The molecule has 0 aliphatic heterocycles. The van der Waals surface area contributed by atoms with Gasteiger partial charge < -0.3 is 4.42 Å². The quantitative estimate of drug-likeness (QED) is 0.547. The average molecular weight is 334 g/mol. The second-order valence-corrected chi connectivity index (χ2v) is 6.05. The van der Waals surface area contributed by atoms with Gasteiger partial charge in [-0.1, -0.05) is 72.4 Å². The number of nitrogens with one attached hydrogen (secondary N) is 1. The maximum absolute atomic E-state index is 5.79. The van der Waals surface area contributed by atoms with Crippen LogP contribution in [0.5, 0.6) is 0 Å².